The lowest BCUT2D eigenvalue weighted by Crippen LogP contribution is -2.43. The molecule has 1 amide bonds. The van der Waals surface area contributed by atoms with Crippen molar-refractivity contribution in [1.82, 2.24) is 10.4 Å². The normalized spacial score (nSPS) is 17.1. The predicted octanol–water partition coefficient (Wildman–Crippen LogP) is 1.31. The Kier molecular flexibility index (Phi) is 4.12. The van der Waals surface area contributed by atoms with Gasteiger partial charge < -0.3 is 4.90 Å². The highest BCUT2D eigenvalue weighted by molar-refractivity contribution is 5.78. The van der Waals surface area contributed by atoms with Crippen molar-refractivity contribution in [2.75, 3.05) is 18.0 Å². The lowest BCUT2D eigenvalue weighted by atomic mass is 9.96. The number of amides is 1. The molecule has 1 aromatic rings. The van der Waals surface area contributed by atoms with Gasteiger partial charge in [0.2, 0.25) is 5.91 Å². The maximum Gasteiger partial charge on any atom is 0.417 e. The number of piperidine rings is 1. The first kappa shape index (κ1) is 14.6. The molecule has 0 spiro atoms. The van der Waals surface area contributed by atoms with Crippen LogP contribution in [0.2, 0.25) is 0 Å². The second kappa shape index (κ2) is 5.66. The molecular weight excluding hydrogens is 273 g/mol. The molecule has 2 heterocycles. The molecule has 20 heavy (non-hydrogen) atoms. The third-order valence-electron chi connectivity index (χ3n) is 3.41. The average molecular weight is 288 g/mol. The quantitative estimate of drug-likeness (QED) is 0.489. The molecule has 0 saturated carbocycles. The number of anilines is 1. The number of carbonyl (C=O) groups excluding carboxylic acids is 1. The summed E-state index contributed by atoms with van der Waals surface area (Å²) < 4.78 is 37.3. The Morgan fingerprint density at radius 2 is 2.00 bits per heavy atom. The molecule has 0 radical (unpaired) electrons. The van der Waals surface area contributed by atoms with E-state index < -0.39 is 11.7 Å². The van der Waals surface area contributed by atoms with Crippen molar-refractivity contribution in [3.63, 3.8) is 0 Å². The average Bonchev–Trinajstić information content (AvgIpc) is 2.46. The number of nitrogens with two attached hydrogens (primary N) is 1. The van der Waals surface area contributed by atoms with E-state index in [2.05, 4.69) is 10.4 Å². The third-order valence-corrected chi connectivity index (χ3v) is 3.41. The molecule has 2 rings (SSSR count). The van der Waals surface area contributed by atoms with Gasteiger partial charge in [-0.15, -0.1) is 0 Å². The zero-order chi connectivity index (χ0) is 14.8. The van der Waals surface area contributed by atoms with Gasteiger partial charge in [0, 0.05) is 25.2 Å². The number of alkyl halides is 3. The van der Waals surface area contributed by atoms with Gasteiger partial charge >= 0.3 is 6.18 Å². The molecule has 8 heteroatoms. The molecule has 110 valence electrons. The molecular formula is C12H15F3N4O. The first-order valence-corrected chi connectivity index (χ1v) is 6.20. The molecule has 0 aliphatic carbocycles. The van der Waals surface area contributed by atoms with Crippen LogP contribution < -0.4 is 16.2 Å². The molecule has 1 aliphatic heterocycles. The van der Waals surface area contributed by atoms with E-state index in [-0.39, 0.29) is 11.8 Å². The summed E-state index contributed by atoms with van der Waals surface area (Å²) in [6.45, 7) is 1.13. The van der Waals surface area contributed by atoms with Crippen LogP contribution in [0.15, 0.2) is 18.3 Å². The molecule has 1 aliphatic rings. The van der Waals surface area contributed by atoms with Gasteiger partial charge in [0.05, 0.1) is 5.56 Å². The molecule has 0 unspecified atom stereocenters. The van der Waals surface area contributed by atoms with Crippen LogP contribution in [0.4, 0.5) is 19.0 Å². The number of halogens is 3. The number of carbonyl (C=O) groups is 1. The summed E-state index contributed by atoms with van der Waals surface area (Å²) in [5, 5.41) is 0. The first-order valence-electron chi connectivity index (χ1n) is 6.20. The van der Waals surface area contributed by atoms with E-state index in [1.807, 2.05) is 4.90 Å². The van der Waals surface area contributed by atoms with Gasteiger partial charge in [-0.25, -0.2) is 10.8 Å². The van der Waals surface area contributed by atoms with Crippen LogP contribution in [-0.4, -0.2) is 24.0 Å². The Morgan fingerprint density at radius 3 is 2.45 bits per heavy atom. The van der Waals surface area contributed by atoms with Gasteiger partial charge in [-0.1, -0.05) is 0 Å². The summed E-state index contributed by atoms with van der Waals surface area (Å²) >= 11 is 0. The summed E-state index contributed by atoms with van der Waals surface area (Å²) in [6, 6.07) is 2.37. The number of hydrazine groups is 1. The fraction of sp³-hybridized carbons (Fsp3) is 0.500. The molecule has 1 aromatic heterocycles. The maximum atomic E-state index is 12.4. The van der Waals surface area contributed by atoms with Crippen LogP contribution >= 0.6 is 0 Å². The fourth-order valence-corrected chi connectivity index (χ4v) is 2.23. The zero-order valence-corrected chi connectivity index (χ0v) is 10.7. The van der Waals surface area contributed by atoms with Gasteiger partial charge in [0.25, 0.3) is 0 Å². The van der Waals surface area contributed by atoms with E-state index in [1.165, 1.54) is 6.07 Å². The topological polar surface area (TPSA) is 71.2 Å². The molecule has 1 fully saturated rings. The van der Waals surface area contributed by atoms with Gasteiger partial charge in [-0.05, 0) is 25.0 Å². The van der Waals surface area contributed by atoms with E-state index >= 15 is 0 Å². The van der Waals surface area contributed by atoms with Crippen molar-refractivity contribution < 1.29 is 18.0 Å². The van der Waals surface area contributed by atoms with Gasteiger partial charge in [0.1, 0.15) is 5.82 Å². The number of nitrogens with zero attached hydrogens (tertiary/aromatic N) is 2. The Balaban J connectivity index is 1.99. The minimum absolute atomic E-state index is 0.148. The van der Waals surface area contributed by atoms with Crippen LogP contribution in [0.1, 0.15) is 18.4 Å². The Bertz CT molecular complexity index is 467. The SMILES string of the molecule is NNC(=O)C1CCN(c2ccc(C(F)(F)F)cn2)CC1. The van der Waals surface area contributed by atoms with Gasteiger partial charge in [0.15, 0.2) is 0 Å². The van der Waals surface area contributed by atoms with Crippen molar-refractivity contribution in [2.24, 2.45) is 11.8 Å². The molecule has 0 atom stereocenters. The highest BCUT2D eigenvalue weighted by Crippen LogP contribution is 2.30. The number of nitrogens with one attached hydrogen (secondary N) is 1. The van der Waals surface area contributed by atoms with Gasteiger partial charge in [-0.2, -0.15) is 13.2 Å². The van der Waals surface area contributed by atoms with Crippen LogP contribution in [0, 0.1) is 5.92 Å². The maximum absolute atomic E-state index is 12.4. The van der Waals surface area contributed by atoms with Crippen molar-refractivity contribution in [3.05, 3.63) is 23.9 Å². The lowest BCUT2D eigenvalue weighted by molar-refractivity contribution is -0.137. The van der Waals surface area contributed by atoms with Crippen LogP contribution in [0.5, 0.6) is 0 Å². The minimum Gasteiger partial charge on any atom is -0.357 e. The molecule has 5 nitrogen and oxygen atoms in total. The number of rotatable bonds is 2. The van der Waals surface area contributed by atoms with Crippen molar-refractivity contribution in [3.8, 4) is 0 Å². The van der Waals surface area contributed by atoms with Gasteiger partial charge in [-0.3, -0.25) is 10.2 Å². The molecule has 1 saturated heterocycles. The predicted molar refractivity (Wildman–Crippen MR) is 66.5 cm³/mol. The lowest BCUT2D eigenvalue weighted by Gasteiger charge is -2.31. The molecule has 3 N–H and O–H groups in total. The highest BCUT2D eigenvalue weighted by atomic mass is 19.4. The molecule has 0 bridgehead atoms. The van der Waals surface area contributed by atoms with Crippen LogP contribution in [0.25, 0.3) is 0 Å². The zero-order valence-electron chi connectivity index (χ0n) is 10.7. The van der Waals surface area contributed by atoms with E-state index in [9.17, 15) is 18.0 Å². The van der Waals surface area contributed by atoms with Crippen molar-refractivity contribution >= 4 is 11.7 Å². The summed E-state index contributed by atoms with van der Waals surface area (Å²) in [4.78, 5) is 17.1. The number of pyridine rings is 1. The number of hydrogen-bond donors (Lipinski definition) is 2. The third kappa shape index (κ3) is 3.19. The van der Waals surface area contributed by atoms with E-state index in [0.717, 1.165) is 12.3 Å². The summed E-state index contributed by atoms with van der Waals surface area (Å²) in [5.74, 6) is 5.21. The summed E-state index contributed by atoms with van der Waals surface area (Å²) in [6.07, 6.45) is -2.34. The number of hydrogen-bond acceptors (Lipinski definition) is 4. The van der Waals surface area contributed by atoms with Crippen LogP contribution in [-0.2, 0) is 11.0 Å². The largest absolute Gasteiger partial charge is 0.417 e. The van der Waals surface area contributed by atoms with Crippen molar-refractivity contribution in [2.45, 2.75) is 19.0 Å². The Morgan fingerprint density at radius 1 is 1.35 bits per heavy atom. The second-order valence-corrected chi connectivity index (χ2v) is 4.67. The monoisotopic (exact) mass is 288 g/mol. The smallest absolute Gasteiger partial charge is 0.357 e. The Labute approximate surface area is 113 Å². The van der Waals surface area contributed by atoms with Crippen LogP contribution in [0.3, 0.4) is 0 Å². The second-order valence-electron chi connectivity index (χ2n) is 4.67. The molecule has 0 aromatic carbocycles. The standard InChI is InChI=1S/C12H15F3N4O/c13-12(14,15)9-1-2-10(17-7-9)19-5-3-8(4-6-19)11(20)18-16/h1-2,7-8H,3-6,16H2,(H,18,20). The van der Waals surface area contributed by atoms with E-state index in [4.69, 9.17) is 5.84 Å². The van der Waals surface area contributed by atoms with Crippen molar-refractivity contribution in [1.29, 1.82) is 0 Å². The van der Waals surface area contributed by atoms with E-state index in [0.29, 0.717) is 31.7 Å². The number of aromatic nitrogens is 1. The summed E-state index contributed by atoms with van der Waals surface area (Å²) in [7, 11) is 0. The summed E-state index contributed by atoms with van der Waals surface area (Å²) in [5.41, 5.74) is 1.35. The first-order chi connectivity index (χ1) is 9.41. The minimum atomic E-state index is -4.38. The Hall–Kier alpha value is -1.83. The fourth-order valence-electron chi connectivity index (χ4n) is 2.23. The highest BCUT2D eigenvalue weighted by Gasteiger charge is 2.31. The van der Waals surface area contributed by atoms with E-state index in [1.54, 1.807) is 0 Å².